The third-order valence-corrected chi connectivity index (χ3v) is 4.97. The Morgan fingerprint density at radius 3 is 2.27 bits per heavy atom. The number of thiazole rings is 1. The van der Waals surface area contributed by atoms with Crippen molar-refractivity contribution in [2.45, 2.75) is 33.2 Å². The van der Waals surface area contributed by atoms with Gasteiger partial charge in [0.25, 0.3) is 0 Å². The second kappa shape index (κ2) is 7.68. The number of halogens is 1. The predicted octanol–water partition coefficient (Wildman–Crippen LogP) is 6.26. The molecule has 0 radical (unpaired) electrons. The molecule has 1 aromatic heterocycles. The first kappa shape index (κ1) is 18.7. The Hall–Kier alpha value is -2.04. The van der Waals surface area contributed by atoms with Crippen molar-refractivity contribution < 1.29 is 4.74 Å². The molecule has 3 nitrogen and oxygen atoms in total. The van der Waals surface area contributed by atoms with Gasteiger partial charge in [0.2, 0.25) is 0 Å². The summed E-state index contributed by atoms with van der Waals surface area (Å²) in [6, 6.07) is 15.8. The summed E-state index contributed by atoms with van der Waals surface area (Å²) in [6.07, 6.45) is 0. The fraction of sp³-hybridized carbons (Fsp3) is 0.286. The molecule has 0 atom stereocenters. The summed E-state index contributed by atoms with van der Waals surface area (Å²) < 4.78 is 7.78. The van der Waals surface area contributed by atoms with E-state index in [9.17, 15) is 0 Å². The highest BCUT2D eigenvalue weighted by atomic mass is 35.5. The lowest BCUT2D eigenvalue weighted by atomic mass is 10.1. The summed E-state index contributed by atoms with van der Waals surface area (Å²) in [4.78, 5) is 5.84. The van der Waals surface area contributed by atoms with Crippen molar-refractivity contribution in [3.05, 3.63) is 63.7 Å². The van der Waals surface area contributed by atoms with Crippen molar-refractivity contribution in [3.63, 3.8) is 0 Å². The van der Waals surface area contributed by atoms with E-state index < -0.39 is 0 Å². The molecule has 0 aliphatic carbocycles. The molecule has 3 rings (SSSR count). The normalized spacial score (nSPS) is 12.4. The molecule has 0 N–H and O–H groups in total. The second-order valence-electron chi connectivity index (χ2n) is 6.96. The van der Waals surface area contributed by atoms with E-state index in [2.05, 4.69) is 30.7 Å². The van der Waals surface area contributed by atoms with E-state index in [1.807, 2.05) is 55.5 Å². The quantitative estimate of drug-likeness (QED) is 0.520. The first-order valence-electron chi connectivity index (χ1n) is 8.63. The molecule has 0 amide bonds. The Bertz CT molecular complexity index is 932. The van der Waals surface area contributed by atoms with Crippen LogP contribution >= 0.6 is 22.9 Å². The van der Waals surface area contributed by atoms with Crippen molar-refractivity contribution in [1.82, 2.24) is 4.57 Å². The lowest BCUT2D eigenvalue weighted by molar-refractivity contribution is 0.340. The summed E-state index contributed by atoms with van der Waals surface area (Å²) in [7, 11) is 0. The van der Waals surface area contributed by atoms with E-state index in [1.54, 1.807) is 11.3 Å². The molecule has 0 bridgehead atoms. The molecular weight excluding hydrogens is 364 g/mol. The number of hydrogen-bond acceptors (Lipinski definition) is 3. The average molecular weight is 387 g/mol. The van der Waals surface area contributed by atoms with Gasteiger partial charge in [-0.3, -0.25) is 0 Å². The van der Waals surface area contributed by atoms with E-state index >= 15 is 0 Å². The fourth-order valence-electron chi connectivity index (χ4n) is 2.75. The molecule has 136 valence electrons. The maximum Gasteiger partial charge on any atom is 0.190 e. The van der Waals surface area contributed by atoms with Crippen molar-refractivity contribution >= 4 is 28.6 Å². The zero-order valence-electron chi connectivity index (χ0n) is 15.5. The maximum atomic E-state index is 6.04. The minimum Gasteiger partial charge on any atom is -0.494 e. The van der Waals surface area contributed by atoms with Crippen LogP contribution in [0.5, 0.6) is 5.75 Å². The molecule has 26 heavy (non-hydrogen) atoms. The fourth-order valence-corrected chi connectivity index (χ4v) is 3.97. The van der Waals surface area contributed by atoms with Gasteiger partial charge in [0.15, 0.2) is 4.80 Å². The van der Waals surface area contributed by atoms with Crippen LogP contribution in [0.2, 0.25) is 5.02 Å². The summed E-state index contributed by atoms with van der Waals surface area (Å²) >= 11 is 7.69. The topological polar surface area (TPSA) is 26.5 Å². The lowest BCUT2D eigenvalue weighted by Crippen LogP contribution is -2.31. The van der Waals surface area contributed by atoms with E-state index in [1.165, 1.54) is 0 Å². The van der Waals surface area contributed by atoms with Crippen LogP contribution in [-0.2, 0) is 5.54 Å². The molecule has 1 heterocycles. The Balaban J connectivity index is 2.08. The van der Waals surface area contributed by atoms with Crippen molar-refractivity contribution in [3.8, 4) is 17.0 Å². The van der Waals surface area contributed by atoms with Gasteiger partial charge in [-0.05, 0) is 69.7 Å². The number of benzene rings is 2. The van der Waals surface area contributed by atoms with Crippen LogP contribution in [0.1, 0.15) is 27.7 Å². The number of hydrogen-bond donors (Lipinski definition) is 0. The molecule has 0 aliphatic heterocycles. The van der Waals surface area contributed by atoms with Crippen LogP contribution in [0.15, 0.2) is 58.9 Å². The highest BCUT2D eigenvalue weighted by molar-refractivity contribution is 7.07. The number of ether oxygens (including phenoxy) is 1. The number of rotatable bonds is 4. The van der Waals surface area contributed by atoms with Crippen LogP contribution < -0.4 is 9.54 Å². The standard InChI is InChI=1S/C21H23ClN2OS/c1-5-25-18-12-10-17(11-13-18)23-20-24(21(2,3)4)19(14-26-20)15-6-8-16(22)9-7-15/h6-14H,5H2,1-4H3. The lowest BCUT2D eigenvalue weighted by Gasteiger charge is -2.24. The largest absolute Gasteiger partial charge is 0.494 e. The van der Waals surface area contributed by atoms with Crippen molar-refractivity contribution in [1.29, 1.82) is 0 Å². The summed E-state index contributed by atoms with van der Waals surface area (Å²) in [5.74, 6) is 0.864. The van der Waals surface area contributed by atoms with Crippen molar-refractivity contribution in [2.24, 2.45) is 4.99 Å². The van der Waals surface area contributed by atoms with E-state index in [0.29, 0.717) is 6.61 Å². The molecule has 0 fully saturated rings. The van der Waals surface area contributed by atoms with Gasteiger partial charge in [0, 0.05) is 15.9 Å². The first-order chi connectivity index (χ1) is 12.4. The van der Waals surface area contributed by atoms with Gasteiger partial charge >= 0.3 is 0 Å². The summed E-state index contributed by atoms with van der Waals surface area (Å²) in [5.41, 5.74) is 3.09. The smallest absolute Gasteiger partial charge is 0.190 e. The Morgan fingerprint density at radius 2 is 1.69 bits per heavy atom. The molecule has 2 aromatic carbocycles. The molecule has 0 unspecified atom stereocenters. The summed E-state index contributed by atoms with van der Waals surface area (Å²) in [5, 5.41) is 2.90. The Kier molecular flexibility index (Phi) is 5.54. The molecule has 3 aromatic rings. The third-order valence-electron chi connectivity index (χ3n) is 3.89. The van der Waals surface area contributed by atoms with Crippen molar-refractivity contribution in [2.75, 3.05) is 6.61 Å². The zero-order valence-corrected chi connectivity index (χ0v) is 17.1. The molecule has 0 saturated carbocycles. The summed E-state index contributed by atoms with van der Waals surface area (Å²) in [6.45, 7) is 9.22. The molecule has 5 heteroatoms. The van der Waals surface area contributed by atoms with Gasteiger partial charge in [0.05, 0.1) is 18.0 Å². The van der Waals surface area contributed by atoms with Gasteiger partial charge in [0.1, 0.15) is 5.75 Å². The molecule has 0 aliphatic rings. The van der Waals surface area contributed by atoms with E-state index in [4.69, 9.17) is 21.3 Å². The van der Waals surface area contributed by atoms with Crippen LogP contribution in [0, 0.1) is 0 Å². The predicted molar refractivity (Wildman–Crippen MR) is 111 cm³/mol. The SMILES string of the molecule is CCOc1ccc(N=c2scc(-c3ccc(Cl)cc3)n2C(C)(C)C)cc1. The highest BCUT2D eigenvalue weighted by Crippen LogP contribution is 2.28. The zero-order chi connectivity index (χ0) is 18.7. The van der Waals surface area contributed by atoms with Crippen LogP contribution in [0.3, 0.4) is 0 Å². The monoisotopic (exact) mass is 386 g/mol. The highest BCUT2D eigenvalue weighted by Gasteiger charge is 2.20. The van der Waals surface area contributed by atoms with E-state index in [0.717, 1.165) is 32.5 Å². The van der Waals surface area contributed by atoms with E-state index in [-0.39, 0.29) is 5.54 Å². The van der Waals surface area contributed by atoms with Gasteiger partial charge < -0.3 is 9.30 Å². The van der Waals surface area contributed by atoms with Gasteiger partial charge in [-0.15, -0.1) is 11.3 Å². The van der Waals surface area contributed by atoms with Gasteiger partial charge in [-0.25, -0.2) is 4.99 Å². The second-order valence-corrected chi connectivity index (χ2v) is 8.23. The Labute approximate surface area is 163 Å². The van der Waals surface area contributed by atoms with Crippen LogP contribution in [0.25, 0.3) is 11.3 Å². The molecular formula is C21H23ClN2OS. The minimum absolute atomic E-state index is 0.0981. The Morgan fingerprint density at radius 1 is 1.04 bits per heavy atom. The van der Waals surface area contributed by atoms with Gasteiger partial charge in [-0.1, -0.05) is 23.7 Å². The molecule has 0 spiro atoms. The number of nitrogens with zero attached hydrogens (tertiary/aromatic N) is 2. The van der Waals surface area contributed by atoms with Crippen LogP contribution in [-0.4, -0.2) is 11.2 Å². The van der Waals surface area contributed by atoms with Crippen LogP contribution in [0.4, 0.5) is 5.69 Å². The average Bonchev–Trinajstić information content (AvgIpc) is 3.01. The number of aromatic nitrogens is 1. The minimum atomic E-state index is -0.0981. The molecule has 0 saturated heterocycles. The first-order valence-corrected chi connectivity index (χ1v) is 9.89. The van der Waals surface area contributed by atoms with Gasteiger partial charge in [-0.2, -0.15) is 0 Å². The third kappa shape index (κ3) is 4.19. The maximum absolute atomic E-state index is 6.04.